The number of carbonyl (C=O) groups is 3. The number of fused-ring (bicyclic) bond motifs is 1. The van der Waals surface area contributed by atoms with Crippen LogP contribution in [0, 0.1) is 5.82 Å². The zero-order valence-corrected chi connectivity index (χ0v) is 23.3. The van der Waals surface area contributed by atoms with Crippen molar-refractivity contribution in [1.29, 1.82) is 0 Å². The molecule has 0 spiro atoms. The van der Waals surface area contributed by atoms with Crippen LogP contribution in [0.2, 0.25) is 5.02 Å². The number of halogens is 3. The van der Waals surface area contributed by atoms with Crippen LogP contribution in [0.1, 0.15) is 35.0 Å². The van der Waals surface area contributed by atoms with Crippen molar-refractivity contribution in [3.05, 3.63) is 94.7 Å². The quantitative estimate of drug-likeness (QED) is 0.258. The molecule has 1 fully saturated rings. The molecule has 42 heavy (non-hydrogen) atoms. The first-order valence-corrected chi connectivity index (χ1v) is 13.5. The van der Waals surface area contributed by atoms with Crippen molar-refractivity contribution in [2.45, 2.75) is 45.4 Å². The molecule has 4 aromatic rings. The van der Waals surface area contributed by atoms with E-state index >= 15 is 0 Å². The molecule has 218 valence electrons. The first-order chi connectivity index (χ1) is 20.2. The highest BCUT2D eigenvalue weighted by Gasteiger charge is 2.38. The number of amides is 2. The Bertz CT molecular complexity index is 1630. The van der Waals surface area contributed by atoms with Crippen LogP contribution in [0.5, 0.6) is 5.75 Å². The van der Waals surface area contributed by atoms with E-state index in [9.17, 15) is 23.2 Å². The van der Waals surface area contributed by atoms with E-state index in [2.05, 4.69) is 10.3 Å². The van der Waals surface area contributed by atoms with Crippen LogP contribution in [0.3, 0.4) is 0 Å². The molecular weight excluding hydrogens is 570 g/mol. The number of hydrogen-bond donors (Lipinski definition) is 1. The summed E-state index contributed by atoms with van der Waals surface area (Å²) >= 11 is 5.77. The van der Waals surface area contributed by atoms with E-state index in [-0.39, 0.29) is 49.0 Å². The van der Waals surface area contributed by atoms with Gasteiger partial charge in [0.1, 0.15) is 30.9 Å². The van der Waals surface area contributed by atoms with E-state index in [1.165, 1.54) is 25.1 Å². The Morgan fingerprint density at radius 1 is 1.14 bits per heavy atom. The topological polar surface area (TPSA) is 103 Å². The molecule has 0 saturated carbocycles. The number of alkyl halides is 1. The second-order valence-corrected chi connectivity index (χ2v) is 10.2. The lowest BCUT2D eigenvalue weighted by Crippen LogP contribution is -2.42. The predicted octanol–water partition coefficient (Wildman–Crippen LogP) is 5.43. The number of nitrogens with one attached hydrogen (secondary N) is 1. The minimum absolute atomic E-state index is 0.0887. The van der Waals surface area contributed by atoms with Crippen molar-refractivity contribution in [2.24, 2.45) is 0 Å². The lowest BCUT2D eigenvalue weighted by Gasteiger charge is -2.24. The molecule has 0 unspecified atom stereocenters. The molecule has 1 aliphatic rings. The summed E-state index contributed by atoms with van der Waals surface area (Å²) in [6, 6.07) is 15.1. The number of aromatic nitrogens is 2. The largest absolute Gasteiger partial charge is 0.487 e. The summed E-state index contributed by atoms with van der Waals surface area (Å²) in [5.41, 5.74) is 1.89. The van der Waals surface area contributed by atoms with Crippen molar-refractivity contribution < 1.29 is 32.6 Å². The van der Waals surface area contributed by atoms with E-state index in [4.69, 9.17) is 21.1 Å². The number of benzene rings is 2. The second-order valence-electron chi connectivity index (χ2n) is 9.82. The van der Waals surface area contributed by atoms with Crippen LogP contribution in [0.4, 0.5) is 13.6 Å². The molecule has 1 aliphatic heterocycles. The number of Topliss-reactive ketones (excluding diaryl/α,β-unsaturated/α-hetero) is 1. The smallest absolute Gasteiger partial charge is 0.409 e. The summed E-state index contributed by atoms with van der Waals surface area (Å²) in [6.07, 6.45) is -0.453. The lowest BCUT2D eigenvalue weighted by atomic mass is 10.1. The van der Waals surface area contributed by atoms with Crippen LogP contribution >= 0.6 is 11.6 Å². The fourth-order valence-electron chi connectivity index (χ4n) is 4.80. The van der Waals surface area contributed by atoms with Gasteiger partial charge in [0.05, 0.1) is 17.3 Å². The van der Waals surface area contributed by atoms with Gasteiger partial charge < -0.3 is 24.3 Å². The molecule has 1 N–H and O–H groups in total. The van der Waals surface area contributed by atoms with Gasteiger partial charge in [-0.15, -0.1) is 0 Å². The molecule has 5 rings (SSSR count). The number of ether oxygens (including phenoxy) is 2. The molecule has 0 radical (unpaired) electrons. The van der Waals surface area contributed by atoms with Gasteiger partial charge in [-0.25, -0.2) is 13.6 Å². The lowest BCUT2D eigenvalue weighted by molar-refractivity contribution is -0.138. The van der Waals surface area contributed by atoms with Gasteiger partial charge in [-0.3, -0.25) is 14.6 Å². The third kappa shape index (κ3) is 6.52. The number of hydrogen-bond acceptors (Lipinski definition) is 6. The van der Waals surface area contributed by atoms with Crippen molar-refractivity contribution >= 4 is 40.3 Å². The first-order valence-electron chi connectivity index (χ1n) is 13.2. The van der Waals surface area contributed by atoms with Gasteiger partial charge in [-0.1, -0.05) is 29.8 Å². The van der Waals surface area contributed by atoms with Gasteiger partial charge in [0.2, 0.25) is 5.91 Å². The Labute approximate surface area is 245 Å². The van der Waals surface area contributed by atoms with Gasteiger partial charge in [0, 0.05) is 47.4 Å². The summed E-state index contributed by atoms with van der Waals surface area (Å²) in [7, 11) is 0. The van der Waals surface area contributed by atoms with Crippen molar-refractivity contribution in [2.75, 3.05) is 6.54 Å². The first kappa shape index (κ1) is 29.0. The van der Waals surface area contributed by atoms with Crippen LogP contribution < -0.4 is 10.1 Å². The van der Waals surface area contributed by atoms with E-state index < -0.39 is 30.2 Å². The van der Waals surface area contributed by atoms with Crippen LogP contribution in [-0.2, 0) is 29.2 Å². The summed E-state index contributed by atoms with van der Waals surface area (Å²) in [6.45, 7) is 0.975. The molecule has 2 aromatic carbocycles. The fourth-order valence-corrected chi connectivity index (χ4v) is 4.99. The number of rotatable bonds is 9. The minimum Gasteiger partial charge on any atom is -0.487 e. The highest BCUT2D eigenvalue weighted by Crippen LogP contribution is 2.28. The second kappa shape index (κ2) is 12.6. The molecule has 12 heteroatoms. The van der Waals surface area contributed by atoms with E-state index in [0.29, 0.717) is 22.2 Å². The van der Waals surface area contributed by atoms with Gasteiger partial charge in [-0.2, -0.15) is 0 Å². The third-order valence-electron chi connectivity index (χ3n) is 6.87. The van der Waals surface area contributed by atoms with E-state index in [0.717, 1.165) is 10.6 Å². The van der Waals surface area contributed by atoms with Crippen molar-refractivity contribution in [3.8, 4) is 5.75 Å². The monoisotopic (exact) mass is 596 g/mol. The molecule has 2 amide bonds. The molecular formula is C30H27ClF2N4O5. The van der Waals surface area contributed by atoms with Crippen molar-refractivity contribution in [1.82, 2.24) is 19.8 Å². The molecule has 2 atom stereocenters. The van der Waals surface area contributed by atoms with Gasteiger partial charge in [0.15, 0.2) is 12.0 Å². The predicted molar refractivity (Wildman–Crippen MR) is 150 cm³/mol. The summed E-state index contributed by atoms with van der Waals surface area (Å²) in [4.78, 5) is 43.5. The van der Waals surface area contributed by atoms with Crippen LogP contribution in [0.15, 0.2) is 67.0 Å². The maximum Gasteiger partial charge on any atom is 0.409 e. The van der Waals surface area contributed by atoms with Gasteiger partial charge in [0.25, 0.3) is 0 Å². The molecule has 2 aromatic heterocycles. The Balaban J connectivity index is 1.27. The van der Waals surface area contributed by atoms with Crippen LogP contribution in [0.25, 0.3) is 10.9 Å². The molecule has 1 saturated heterocycles. The maximum atomic E-state index is 14.4. The normalized spacial score (nSPS) is 16.4. The highest BCUT2D eigenvalue weighted by molar-refractivity contribution is 6.30. The highest BCUT2D eigenvalue weighted by atomic mass is 35.5. The summed E-state index contributed by atoms with van der Waals surface area (Å²) < 4.78 is 41.3. The van der Waals surface area contributed by atoms with Crippen LogP contribution in [-0.4, -0.2) is 51.2 Å². The van der Waals surface area contributed by atoms with Crippen molar-refractivity contribution in [3.63, 3.8) is 0 Å². The molecule has 3 heterocycles. The standard InChI is InChI=1S/C30H27ClF2N4O5/c1-18(38)24-15-36(26-9-8-22(12-23(24)26)41-17-21-6-2-3-10-34-21)16-27(39)37-14-20(32)11-28(37)42-30(40)35-13-19-5-4-7-25(31)29(19)33/h2-10,12,15,20,28H,11,13-14,16-17H2,1H3,(H,35,40)/t20-,28+/m1/s1. The Morgan fingerprint density at radius 3 is 2.74 bits per heavy atom. The molecule has 0 bridgehead atoms. The average Bonchev–Trinajstić information content (AvgIpc) is 3.52. The zero-order valence-electron chi connectivity index (χ0n) is 22.6. The fraction of sp³-hybridized carbons (Fsp3) is 0.267. The van der Waals surface area contributed by atoms with E-state index in [1.54, 1.807) is 35.2 Å². The number of carbonyl (C=O) groups excluding carboxylic acids is 3. The SMILES string of the molecule is CC(=O)c1cn(CC(=O)N2C[C@H](F)C[C@@H]2OC(=O)NCc2cccc(Cl)c2F)c2ccc(OCc3ccccn3)cc12. The molecule has 9 nitrogen and oxygen atoms in total. The molecule has 0 aliphatic carbocycles. The summed E-state index contributed by atoms with van der Waals surface area (Å²) in [5, 5.41) is 2.91. The Kier molecular flexibility index (Phi) is 8.67. The summed E-state index contributed by atoms with van der Waals surface area (Å²) in [5.74, 6) is -0.850. The number of likely N-dealkylation sites (tertiary alicyclic amines) is 1. The van der Waals surface area contributed by atoms with Gasteiger partial charge >= 0.3 is 6.09 Å². The third-order valence-corrected chi connectivity index (χ3v) is 7.16. The van der Waals surface area contributed by atoms with Gasteiger partial charge in [-0.05, 0) is 43.3 Å². The number of pyridine rings is 1. The number of nitrogens with zero attached hydrogens (tertiary/aromatic N) is 3. The van der Waals surface area contributed by atoms with E-state index in [1.807, 2.05) is 18.2 Å². The Hall–Kier alpha value is -4.51. The number of ketones is 1. The zero-order chi connectivity index (χ0) is 29.8. The Morgan fingerprint density at radius 2 is 1.98 bits per heavy atom. The maximum absolute atomic E-state index is 14.4. The average molecular weight is 597 g/mol. The number of alkyl carbamates (subject to hydrolysis) is 1. The minimum atomic E-state index is -1.40.